The molecule has 172 valence electrons. The molecule has 3 aromatic rings. The number of carbonyl (C=O) groups is 2. The standard InChI is InChI=1S/C26H29FN4O2/c1-3-21(19-9-5-4-6-10-19)26(33)30-15-13-20(14-16-30)29-25(32)22-17-28-31(18(22)2)24-12-8-7-11-23(24)27/h4-12,17,20-21H,3,13-16H2,1-2H3,(H,29,32). The minimum Gasteiger partial charge on any atom is -0.349 e. The summed E-state index contributed by atoms with van der Waals surface area (Å²) >= 11 is 0. The number of carbonyl (C=O) groups excluding carboxylic acids is 2. The van der Waals surface area contributed by atoms with Gasteiger partial charge in [-0.25, -0.2) is 9.07 Å². The molecule has 0 radical (unpaired) electrons. The first-order valence-electron chi connectivity index (χ1n) is 11.4. The summed E-state index contributed by atoms with van der Waals surface area (Å²) in [5.41, 5.74) is 2.36. The van der Waals surface area contributed by atoms with Gasteiger partial charge in [0, 0.05) is 19.1 Å². The number of benzene rings is 2. The van der Waals surface area contributed by atoms with Crippen molar-refractivity contribution in [3.05, 3.63) is 83.4 Å². The van der Waals surface area contributed by atoms with Crippen LogP contribution in [-0.2, 0) is 4.79 Å². The second-order valence-electron chi connectivity index (χ2n) is 8.45. The summed E-state index contributed by atoms with van der Waals surface area (Å²) in [6, 6.07) is 16.2. The minimum absolute atomic E-state index is 0.0189. The highest BCUT2D eigenvalue weighted by atomic mass is 19.1. The third kappa shape index (κ3) is 4.82. The lowest BCUT2D eigenvalue weighted by Gasteiger charge is -2.34. The normalized spacial score (nSPS) is 15.3. The van der Waals surface area contributed by atoms with E-state index in [0.717, 1.165) is 12.0 Å². The van der Waals surface area contributed by atoms with Crippen LogP contribution >= 0.6 is 0 Å². The molecule has 4 rings (SSSR count). The zero-order chi connectivity index (χ0) is 23.4. The maximum Gasteiger partial charge on any atom is 0.254 e. The molecule has 0 aliphatic carbocycles. The molecular weight excluding hydrogens is 419 g/mol. The lowest BCUT2D eigenvalue weighted by Crippen LogP contribution is -2.47. The van der Waals surface area contributed by atoms with Gasteiger partial charge < -0.3 is 10.2 Å². The molecule has 7 heteroatoms. The predicted octanol–water partition coefficient (Wildman–Crippen LogP) is 4.23. The van der Waals surface area contributed by atoms with Crippen molar-refractivity contribution in [3.63, 3.8) is 0 Å². The Morgan fingerprint density at radius 2 is 1.76 bits per heavy atom. The van der Waals surface area contributed by atoms with Crippen LogP contribution in [0.15, 0.2) is 60.8 Å². The first kappa shape index (κ1) is 22.7. The Kier molecular flexibility index (Phi) is 6.87. The number of rotatable bonds is 6. The third-order valence-electron chi connectivity index (χ3n) is 6.39. The minimum atomic E-state index is -0.395. The van der Waals surface area contributed by atoms with Crippen molar-refractivity contribution < 1.29 is 14.0 Å². The van der Waals surface area contributed by atoms with Crippen molar-refractivity contribution in [1.82, 2.24) is 20.0 Å². The molecule has 1 aliphatic rings. The van der Waals surface area contributed by atoms with Crippen LogP contribution in [0.2, 0.25) is 0 Å². The zero-order valence-electron chi connectivity index (χ0n) is 19.0. The molecule has 2 amide bonds. The van der Waals surface area contributed by atoms with Gasteiger partial charge in [-0.05, 0) is 43.9 Å². The lowest BCUT2D eigenvalue weighted by molar-refractivity contribution is -0.134. The Hall–Kier alpha value is -3.48. The first-order valence-corrected chi connectivity index (χ1v) is 11.4. The highest BCUT2D eigenvalue weighted by Gasteiger charge is 2.29. The van der Waals surface area contributed by atoms with Gasteiger partial charge in [-0.3, -0.25) is 9.59 Å². The Labute approximate surface area is 193 Å². The number of nitrogens with one attached hydrogen (secondary N) is 1. The molecule has 0 bridgehead atoms. The zero-order valence-corrected chi connectivity index (χ0v) is 19.0. The van der Waals surface area contributed by atoms with E-state index in [0.29, 0.717) is 42.9 Å². The van der Waals surface area contributed by atoms with Gasteiger partial charge in [-0.15, -0.1) is 0 Å². The van der Waals surface area contributed by atoms with Crippen molar-refractivity contribution in [3.8, 4) is 5.69 Å². The van der Waals surface area contributed by atoms with Crippen molar-refractivity contribution in [2.45, 2.75) is 45.1 Å². The van der Waals surface area contributed by atoms with E-state index in [2.05, 4.69) is 10.4 Å². The molecule has 1 saturated heterocycles. The van der Waals surface area contributed by atoms with Gasteiger partial charge in [0.2, 0.25) is 5.91 Å². The van der Waals surface area contributed by atoms with Crippen molar-refractivity contribution in [2.75, 3.05) is 13.1 Å². The second-order valence-corrected chi connectivity index (χ2v) is 8.45. The summed E-state index contributed by atoms with van der Waals surface area (Å²) in [6.45, 7) is 5.01. The monoisotopic (exact) mass is 448 g/mol. The SMILES string of the molecule is CCC(C(=O)N1CCC(NC(=O)c2cnn(-c3ccccc3F)c2C)CC1)c1ccccc1. The van der Waals surface area contributed by atoms with Gasteiger partial charge in [-0.2, -0.15) is 5.10 Å². The average Bonchev–Trinajstić information content (AvgIpc) is 3.22. The van der Waals surface area contributed by atoms with E-state index in [-0.39, 0.29) is 23.8 Å². The topological polar surface area (TPSA) is 67.2 Å². The molecule has 1 unspecified atom stereocenters. The Morgan fingerprint density at radius 3 is 2.42 bits per heavy atom. The number of piperidine rings is 1. The second kappa shape index (κ2) is 9.98. The van der Waals surface area contributed by atoms with Gasteiger partial charge in [-0.1, -0.05) is 49.4 Å². The smallest absolute Gasteiger partial charge is 0.254 e. The van der Waals surface area contributed by atoms with Crippen LogP contribution in [0, 0.1) is 12.7 Å². The van der Waals surface area contributed by atoms with E-state index in [4.69, 9.17) is 0 Å². The predicted molar refractivity (Wildman–Crippen MR) is 125 cm³/mol. The number of halogens is 1. The van der Waals surface area contributed by atoms with E-state index in [9.17, 15) is 14.0 Å². The molecule has 1 fully saturated rings. The third-order valence-corrected chi connectivity index (χ3v) is 6.39. The van der Waals surface area contributed by atoms with Gasteiger partial charge in [0.15, 0.2) is 0 Å². The van der Waals surface area contributed by atoms with Crippen LogP contribution < -0.4 is 5.32 Å². The van der Waals surface area contributed by atoms with Crippen LogP contribution in [0.3, 0.4) is 0 Å². The van der Waals surface area contributed by atoms with Crippen LogP contribution in [0.4, 0.5) is 4.39 Å². The molecule has 0 saturated carbocycles. The van der Waals surface area contributed by atoms with Crippen LogP contribution in [-0.4, -0.2) is 45.6 Å². The number of likely N-dealkylation sites (tertiary alicyclic amines) is 1. The van der Waals surface area contributed by atoms with Crippen LogP contribution in [0.5, 0.6) is 0 Å². The molecule has 0 spiro atoms. The molecule has 2 heterocycles. The maximum absolute atomic E-state index is 14.1. The number of hydrogen-bond donors (Lipinski definition) is 1. The fourth-order valence-corrected chi connectivity index (χ4v) is 4.46. The van der Waals surface area contributed by atoms with Crippen molar-refractivity contribution in [1.29, 1.82) is 0 Å². The molecule has 33 heavy (non-hydrogen) atoms. The van der Waals surface area contributed by atoms with Gasteiger partial charge in [0.1, 0.15) is 11.5 Å². The molecule has 1 atom stereocenters. The number of amides is 2. The number of aromatic nitrogens is 2. The van der Waals surface area contributed by atoms with E-state index in [1.807, 2.05) is 42.2 Å². The fourth-order valence-electron chi connectivity index (χ4n) is 4.46. The summed E-state index contributed by atoms with van der Waals surface area (Å²) in [6.07, 6.45) is 3.62. The Balaban J connectivity index is 1.36. The van der Waals surface area contributed by atoms with Crippen LogP contribution in [0.25, 0.3) is 5.69 Å². The summed E-state index contributed by atoms with van der Waals surface area (Å²) in [4.78, 5) is 27.9. The quantitative estimate of drug-likeness (QED) is 0.614. The summed E-state index contributed by atoms with van der Waals surface area (Å²) in [5, 5.41) is 7.28. The molecule has 1 N–H and O–H groups in total. The van der Waals surface area contributed by atoms with Crippen molar-refractivity contribution >= 4 is 11.8 Å². The lowest BCUT2D eigenvalue weighted by atomic mass is 9.93. The number of nitrogens with zero attached hydrogens (tertiary/aromatic N) is 3. The maximum atomic E-state index is 14.1. The van der Waals surface area contributed by atoms with Crippen LogP contribution in [0.1, 0.15) is 53.7 Å². The summed E-state index contributed by atoms with van der Waals surface area (Å²) in [5.74, 6) is -0.608. The van der Waals surface area contributed by atoms with E-state index in [1.54, 1.807) is 25.1 Å². The molecular formula is C26H29FN4O2. The number of hydrogen-bond acceptors (Lipinski definition) is 3. The average molecular weight is 449 g/mol. The summed E-state index contributed by atoms with van der Waals surface area (Å²) < 4.78 is 15.6. The fraction of sp³-hybridized carbons (Fsp3) is 0.346. The van der Waals surface area contributed by atoms with Crippen molar-refractivity contribution in [2.24, 2.45) is 0 Å². The highest BCUT2D eigenvalue weighted by Crippen LogP contribution is 2.24. The van der Waals surface area contributed by atoms with Gasteiger partial charge >= 0.3 is 0 Å². The van der Waals surface area contributed by atoms with E-state index >= 15 is 0 Å². The van der Waals surface area contributed by atoms with Gasteiger partial charge in [0.25, 0.3) is 5.91 Å². The Bertz CT molecular complexity index is 1120. The molecule has 6 nitrogen and oxygen atoms in total. The summed E-state index contributed by atoms with van der Waals surface area (Å²) in [7, 11) is 0. The molecule has 1 aliphatic heterocycles. The molecule has 2 aromatic carbocycles. The first-order chi connectivity index (χ1) is 16.0. The number of para-hydroxylation sites is 1. The largest absolute Gasteiger partial charge is 0.349 e. The molecule has 1 aromatic heterocycles. The van der Waals surface area contributed by atoms with E-state index in [1.165, 1.54) is 16.9 Å². The Morgan fingerprint density at radius 1 is 1.09 bits per heavy atom. The van der Waals surface area contributed by atoms with E-state index < -0.39 is 5.82 Å². The van der Waals surface area contributed by atoms with Gasteiger partial charge in [0.05, 0.1) is 23.4 Å². The highest BCUT2D eigenvalue weighted by molar-refractivity contribution is 5.95.